The van der Waals surface area contributed by atoms with Crippen molar-refractivity contribution in [3.05, 3.63) is 0 Å². The van der Waals surface area contributed by atoms with Gasteiger partial charge in [-0.15, -0.1) is 0 Å². The molecule has 0 spiro atoms. The summed E-state index contributed by atoms with van der Waals surface area (Å²) in [4.78, 5) is 13.8. The first kappa shape index (κ1) is 14.7. The maximum Gasteiger partial charge on any atom is 0.336 e. The lowest BCUT2D eigenvalue weighted by Crippen LogP contribution is -2.39. The molecule has 3 fully saturated rings. The van der Waals surface area contributed by atoms with Gasteiger partial charge in [-0.1, -0.05) is 6.92 Å². The normalized spacial score (nSPS) is 27.3. The van der Waals surface area contributed by atoms with Crippen LogP contribution in [0.2, 0.25) is 0 Å². The highest BCUT2D eigenvalue weighted by molar-refractivity contribution is 7.84. The van der Waals surface area contributed by atoms with Crippen LogP contribution < -0.4 is 4.72 Å². The van der Waals surface area contributed by atoms with Crippen LogP contribution in [0.1, 0.15) is 32.6 Å². The molecule has 2 saturated heterocycles. The zero-order chi connectivity index (χ0) is 13.9. The number of hydrogen-bond acceptors (Lipinski definition) is 4. The van der Waals surface area contributed by atoms with E-state index in [1.54, 1.807) is 11.8 Å². The van der Waals surface area contributed by atoms with Gasteiger partial charge >= 0.3 is 10.3 Å². The highest BCUT2D eigenvalue weighted by Gasteiger charge is 2.31. The topological polar surface area (TPSA) is 75.7 Å². The van der Waals surface area contributed by atoms with Crippen LogP contribution in [0.15, 0.2) is 0 Å². The molecule has 0 aromatic carbocycles. The average Bonchev–Trinajstić information content (AvgIpc) is 2.69. The molecular weight excluding hydrogens is 268 g/mol. The van der Waals surface area contributed by atoms with Crippen molar-refractivity contribution in [1.82, 2.24) is 9.62 Å². The molecule has 3 rings (SSSR count). The molecule has 1 aliphatic carbocycles. The van der Waals surface area contributed by atoms with E-state index in [1.807, 2.05) is 0 Å². The Bertz CT molecular complexity index is 401. The zero-order valence-corrected chi connectivity index (χ0v) is 12.1. The molecule has 1 N–H and O–H groups in total. The minimum Gasteiger partial charge on any atom is -0.340 e. The van der Waals surface area contributed by atoms with Crippen LogP contribution in [-0.4, -0.2) is 45.5 Å². The third-order valence-electron chi connectivity index (χ3n) is 3.93. The maximum absolute atomic E-state index is 12.0. The number of carbonyl (C=O) groups is 1. The third kappa shape index (κ3) is 4.15. The summed E-state index contributed by atoms with van der Waals surface area (Å²) in [7, 11) is -3.78. The fourth-order valence-corrected chi connectivity index (χ4v) is 3.63. The van der Waals surface area contributed by atoms with Gasteiger partial charge in [0.15, 0.2) is 0 Å². The number of hydrogen-bond donors (Lipinski definition) is 1. The van der Waals surface area contributed by atoms with E-state index >= 15 is 0 Å². The second kappa shape index (κ2) is 6.19. The molecule has 0 aromatic rings. The fraction of sp³-hybridized carbons (Fsp3) is 0.917. The molecule has 110 valence electrons. The Morgan fingerprint density at radius 2 is 1.74 bits per heavy atom. The number of nitrogens with zero attached hydrogens (tertiary/aromatic N) is 1. The molecule has 0 radical (unpaired) electrons. The van der Waals surface area contributed by atoms with Gasteiger partial charge in [-0.25, -0.2) is 4.18 Å². The number of amides is 1. The van der Waals surface area contributed by atoms with E-state index < -0.39 is 16.9 Å². The first-order chi connectivity index (χ1) is 9.00. The molecule has 0 atom stereocenters. The first-order valence-corrected chi connectivity index (χ1v) is 8.32. The Morgan fingerprint density at radius 3 is 2.21 bits per heavy atom. The van der Waals surface area contributed by atoms with Crippen molar-refractivity contribution < 1.29 is 17.4 Å². The van der Waals surface area contributed by atoms with Crippen LogP contribution in [0, 0.1) is 11.8 Å². The third-order valence-corrected chi connectivity index (χ3v) is 5.01. The van der Waals surface area contributed by atoms with Gasteiger partial charge in [0.1, 0.15) is 6.61 Å². The van der Waals surface area contributed by atoms with Crippen molar-refractivity contribution in [1.29, 1.82) is 0 Å². The van der Waals surface area contributed by atoms with Gasteiger partial charge in [-0.05, 0) is 37.5 Å². The summed E-state index contributed by atoms with van der Waals surface area (Å²) in [5, 5.41) is 0. The van der Waals surface area contributed by atoms with Gasteiger partial charge in [0.05, 0.1) is 0 Å². The molecule has 7 heteroatoms. The van der Waals surface area contributed by atoms with E-state index in [1.165, 1.54) is 25.7 Å². The summed E-state index contributed by atoms with van der Waals surface area (Å²) in [6.45, 7) is 3.02. The van der Waals surface area contributed by atoms with E-state index in [0.717, 1.165) is 13.1 Å². The number of carbonyl (C=O) groups excluding carboxylic acids is 1. The second-order valence-electron chi connectivity index (χ2n) is 5.40. The van der Waals surface area contributed by atoms with Crippen molar-refractivity contribution in [2.75, 3.05) is 26.2 Å². The highest BCUT2D eigenvalue weighted by atomic mass is 32.2. The molecule has 2 heterocycles. The number of nitrogens with one attached hydrogen (secondary N) is 1. The van der Waals surface area contributed by atoms with E-state index in [9.17, 15) is 13.2 Å². The molecule has 0 aromatic heterocycles. The summed E-state index contributed by atoms with van der Waals surface area (Å²) in [5.74, 6) is 0.932. The zero-order valence-electron chi connectivity index (χ0n) is 11.3. The Balaban J connectivity index is 1.86. The van der Waals surface area contributed by atoms with Gasteiger partial charge in [0, 0.05) is 19.6 Å². The molecule has 1 amide bonds. The fourth-order valence-electron chi connectivity index (χ4n) is 2.94. The average molecular weight is 290 g/mol. The van der Waals surface area contributed by atoms with Crippen LogP contribution in [-0.2, 0) is 19.3 Å². The standard InChI is InChI=1S/C12H22N2O4S/c1-2-13-19(16,17)18-9-12(15)14-7-10-3-4-11(8-14)6-5-10/h10-11,13H,2-9H2,1H3. The van der Waals surface area contributed by atoms with Crippen LogP contribution in [0.3, 0.4) is 0 Å². The summed E-state index contributed by atoms with van der Waals surface area (Å²) in [6, 6.07) is 0. The van der Waals surface area contributed by atoms with Crippen LogP contribution >= 0.6 is 0 Å². The predicted octanol–water partition coefficient (Wildman–Crippen LogP) is 0.506. The van der Waals surface area contributed by atoms with Crippen molar-refractivity contribution in [2.45, 2.75) is 32.6 Å². The minimum absolute atomic E-state index is 0.222. The highest BCUT2D eigenvalue weighted by Crippen LogP contribution is 2.33. The molecule has 1 saturated carbocycles. The Hall–Kier alpha value is -0.660. The van der Waals surface area contributed by atoms with Gasteiger partial charge in [-0.3, -0.25) is 4.79 Å². The lowest BCUT2D eigenvalue weighted by molar-refractivity contribution is -0.133. The second-order valence-corrected chi connectivity index (χ2v) is 6.83. The number of rotatable bonds is 5. The van der Waals surface area contributed by atoms with Crippen LogP contribution in [0.25, 0.3) is 0 Å². The van der Waals surface area contributed by atoms with Crippen molar-refractivity contribution in [3.8, 4) is 0 Å². The Kier molecular flexibility index (Phi) is 4.81. The quantitative estimate of drug-likeness (QED) is 0.800. The van der Waals surface area contributed by atoms with Crippen LogP contribution in [0.5, 0.6) is 0 Å². The van der Waals surface area contributed by atoms with E-state index in [-0.39, 0.29) is 12.5 Å². The van der Waals surface area contributed by atoms with Crippen LogP contribution in [0.4, 0.5) is 0 Å². The van der Waals surface area contributed by atoms with E-state index in [0.29, 0.717) is 11.8 Å². The van der Waals surface area contributed by atoms with E-state index in [2.05, 4.69) is 8.91 Å². The van der Waals surface area contributed by atoms with Gasteiger partial charge < -0.3 is 4.90 Å². The lowest BCUT2D eigenvalue weighted by atomic mass is 9.84. The summed E-state index contributed by atoms with van der Waals surface area (Å²) < 4.78 is 29.5. The number of fused-ring (bicyclic) bond motifs is 4. The van der Waals surface area contributed by atoms with Gasteiger partial charge in [0.25, 0.3) is 0 Å². The summed E-state index contributed by atoms with van der Waals surface area (Å²) in [6.07, 6.45) is 4.74. The minimum atomic E-state index is -3.78. The molecular formula is C12H22N2O4S. The van der Waals surface area contributed by atoms with Gasteiger partial charge in [0.2, 0.25) is 5.91 Å². The monoisotopic (exact) mass is 290 g/mol. The Morgan fingerprint density at radius 1 is 1.21 bits per heavy atom. The molecule has 6 nitrogen and oxygen atoms in total. The maximum atomic E-state index is 12.0. The predicted molar refractivity (Wildman–Crippen MR) is 70.6 cm³/mol. The summed E-state index contributed by atoms with van der Waals surface area (Å²) >= 11 is 0. The first-order valence-electron chi connectivity index (χ1n) is 6.92. The van der Waals surface area contributed by atoms with Gasteiger partial charge in [-0.2, -0.15) is 13.1 Å². The molecule has 2 aliphatic heterocycles. The summed E-state index contributed by atoms with van der Waals surface area (Å²) in [5.41, 5.74) is 0. The Labute approximate surface area is 114 Å². The SMILES string of the molecule is CCNS(=O)(=O)OCC(=O)N1CC2CCC(CC2)C1. The van der Waals surface area contributed by atoms with Crippen molar-refractivity contribution in [2.24, 2.45) is 11.8 Å². The molecule has 0 unspecified atom stereocenters. The van der Waals surface area contributed by atoms with Crippen molar-refractivity contribution in [3.63, 3.8) is 0 Å². The molecule has 2 bridgehead atoms. The smallest absolute Gasteiger partial charge is 0.336 e. The molecule has 19 heavy (non-hydrogen) atoms. The van der Waals surface area contributed by atoms with E-state index in [4.69, 9.17) is 0 Å². The van der Waals surface area contributed by atoms with Crippen molar-refractivity contribution >= 4 is 16.2 Å². The largest absolute Gasteiger partial charge is 0.340 e. The molecule has 3 aliphatic rings. The lowest BCUT2D eigenvalue weighted by Gasteiger charge is -2.22.